The second-order valence-electron chi connectivity index (χ2n) is 5.01. The normalized spacial score (nSPS) is 19.0. The highest BCUT2D eigenvalue weighted by molar-refractivity contribution is 5.20. The van der Waals surface area contributed by atoms with Crippen LogP contribution in [0.2, 0.25) is 0 Å². The number of piperazine rings is 1. The molecular formula is C14H18F4N2. The van der Waals surface area contributed by atoms with Crippen molar-refractivity contribution in [3.05, 3.63) is 35.6 Å². The zero-order valence-electron chi connectivity index (χ0n) is 11.1. The van der Waals surface area contributed by atoms with Crippen LogP contribution in [0.15, 0.2) is 24.3 Å². The molecule has 0 aromatic heterocycles. The first-order chi connectivity index (χ1) is 9.46. The third-order valence-electron chi connectivity index (χ3n) is 3.53. The molecule has 1 N–H and O–H groups in total. The molecule has 1 atom stereocenters. The van der Waals surface area contributed by atoms with Crippen LogP contribution >= 0.6 is 0 Å². The lowest BCUT2D eigenvalue weighted by Crippen LogP contribution is -2.45. The molecule has 0 aliphatic carbocycles. The van der Waals surface area contributed by atoms with E-state index in [1.54, 1.807) is 12.1 Å². The Labute approximate surface area is 115 Å². The smallest absolute Gasteiger partial charge is 0.314 e. The van der Waals surface area contributed by atoms with Crippen molar-refractivity contribution >= 4 is 0 Å². The van der Waals surface area contributed by atoms with E-state index in [1.165, 1.54) is 12.1 Å². The first kappa shape index (κ1) is 15.3. The number of benzene rings is 1. The van der Waals surface area contributed by atoms with Crippen LogP contribution in [-0.2, 0) is 0 Å². The zero-order valence-corrected chi connectivity index (χ0v) is 11.1. The summed E-state index contributed by atoms with van der Waals surface area (Å²) in [6.07, 6.45) is -5.06. The average molecular weight is 290 g/mol. The molecule has 1 aliphatic heterocycles. The highest BCUT2D eigenvalue weighted by Gasteiger charge is 2.31. The maximum Gasteiger partial charge on any atom is 0.389 e. The van der Waals surface area contributed by atoms with Crippen molar-refractivity contribution in [3.8, 4) is 0 Å². The van der Waals surface area contributed by atoms with Crippen LogP contribution in [0.3, 0.4) is 0 Å². The summed E-state index contributed by atoms with van der Waals surface area (Å²) < 4.78 is 50.7. The summed E-state index contributed by atoms with van der Waals surface area (Å²) in [5.41, 5.74) is 0.621. The van der Waals surface area contributed by atoms with Gasteiger partial charge in [0.25, 0.3) is 0 Å². The molecule has 0 bridgehead atoms. The Morgan fingerprint density at radius 1 is 1.20 bits per heavy atom. The lowest BCUT2D eigenvalue weighted by atomic mass is 9.99. The Kier molecular flexibility index (Phi) is 4.99. The number of hydrogen-bond acceptors (Lipinski definition) is 2. The summed E-state index contributed by atoms with van der Waals surface area (Å²) in [6.45, 7) is 2.85. The average Bonchev–Trinajstić information content (AvgIpc) is 2.39. The van der Waals surface area contributed by atoms with E-state index in [9.17, 15) is 17.6 Å². The van der Waals surface area contributed by atoms with Crippen molar-refractivity contribution in [1.29, 1.82) is 0 Å². The van der Waals surface area contributed by atoms with Gasteiger partial charge in [-0.3, -0.25) is 4.90 Å². The summed E-state index contributed by atoms with van der Waals surface area (Å²) in [5.74, 6) is -0.408. The van der Waals surface area contributed by atoms with Gasteiger partial charge in [0.1, 0.15) is 5.82 Å². The van der Waals surface area contributed by atoms with Crippen molar-refractivity contribution < 1.29 is 17.6 Å². The maximum absolute atomic E-state index is 13.3. The Bertz CT molecular complexity index is 427. The summed E-state index contributed by atoms with van der Waals surface area (Å²) in [6, 6.07) is 5.51. The van der Waals surface area contributed by atoms with Gasteiger partial charge in [0.15, 0.2) is 0 Å². The molecule has 1 aromatic carbocycles. The van der Waals surface area contributed by atoms with Gasteiger partial charge in [-0.2, -0.15) is 13.2 Å². The number of nitrogens with one attached hydrogen (secondary N) is 1. The minimum absolute atomic E-state index is 0.0348. The third-order valence-corrected chi connectivity index (χ3v) is 3.53. The van der Waals surface area contributed by atoms with Crippen LogP contribution in [0.25, 0.3) is 0 Å². The number of alkyl halides is 3. The van der Waals surface area contributed by atoms with E-state index in [2.05, 4.69) is 5.32 Å². The molecule has 2 rings (SSSR count). The quantitative estimate of drug-likeness (QED) is 0.857. The Morgan fingerprint density at radius 2 is 1.90 bits per heavy atom. The predicted octanol–water partition coefficient (Wildman–Crippen LogP) is 3.11. The molecule has 0 saturated carbocycles. The fraction of sp³-hybridized carbons (Fsp3) is 0.571. The SMILES string of the molecule is Fc1cccc([C@@H](CCC(F)(F)F)N2CCNCC2)c1. The number of hydrogen-bond donors (Lipinski definition) is 1. The molecule has 0 amide bonds. The summed E-state index contributed by atoms with van der Waals surface area (Å²) >= 11 is 0. The zero-order chi connectivity index (χ0) is 14.6. The minimum atomic E-state index is -4.18. The van der Waals surface area contributed by atoms with E-state index in [0.29, 0.717) is 18.7 Å². The molecule has 0 radical (unpaired) electrons. The van der Waals surface area contributed by atoms with Gasteiger partial charge in [0.2, 0.25) is 0 Å². The molecule has 2 nitrogen and oxygen atoms in total. The van der Waals surface area contributed by atoms with Crippen LogP contribution in [0, 0.1) is 5.82 Å². The number of halogens is 4. The van der Waals surface area contributed by atoms with Gasteiger partial charge in [0.05, 0.1) is 0 Å². The van der Waals surface area contributed by atoms with Gasteiger partial charge in [-0.25, -0.2) is 4.39 Å². The molecule has 20 heavy (non-hydrogen) atoms. The number of rotatable bonds is 4. The highest BCUT2D eigenvalue weighted by Crippen LogP contribution is 2.31. The molecule has 0 spiro atoms. The second-order valence-corrected chi connectivity index (χ2v) is 5.01. The van der Waals surface area contributed by atoms with E-state index in [0.717, 1.165) is 13.1 Å². The third kappa shape index (κ3) is 4.45. The standard InChI is InChI=1S/C14H18F4N2/c15-12-3-1-2-11(10-12)13(4-5-14(16,17)18)20-8-6-19-7-9-20/h1-3,10,13,19H,4-9H2/t13-/m1/s1. The Morgan fingerprint density at radius 3 is 2.50 bits per heavy atom. The highest BCUT2D eigenvalue weighted by atomic mass is 19.4. The lowest BCUT2D eigenvalue weighted by Gasteiger charge is -2.35. The molecule has 0 unspecified atom stereocenters. The molecule has 112 valence electrons. The lowest BCUT2D eigenvalue weighted by molar-refractivity contribution is -0.138. The Hall–Kier alpha value is -1.14. The van der Waals surface area contributed by atoms with E-state index in [4.69, 9.17) is 0 Å². The summed E-state index contributed by atoms with van der Waals surface area (Å²) in [5, 5.41) is 3.17. The molecule has 1 fully saturated rings. The van der Waals surface area contributed by atoms with Crippen molar-refractivity contribution in [2.24, 2.45) is 0 Å². The monoisotopic (exact) mass is 290 g/mol. The van der Waals surface area contributed by atoms with E-state index >= 15 is 0 Å². The molecule has 1 saturated heterocycles. The van der Waals surface area contributed by atoms with Crippen molar-refractivity contribution in [1.82, 2.24) is 10.2 Å². The largest absolute Gasteiger partial charge is 0.389 e. The van der Waals surface area contributed by atoms with Crippen molar-refractivity contribution in [2.75, 3.05) is 26.2 Å². The maximum atomic E-state index is 13.3. The van der Waals surface area contributed by atoms with Crippen LogP contribution in [0.4, 0.5) is 17.6 Å². The van der Waals surface area contributed by atoms with Crippen molar-refractivity contribution in [3.63, 3.8) is 0 Å². The van der Waals surface area contributed by atoms with Crippen LogP contribution in [0.1, 0.15) is 24.4 Å². The van der Waals surface area contributed by atoms with E-state index < -0.39 is 18.4 Å². The second kappa shape index (κ2) is 6.54. The van der Waals surface area contributed by atoms with Crippen molar-refractivity contribution in [2.45, 2.75) is 25.1 Å². The number of nitrogens with zero attached hydrogens (tertiary/aromatic N) is 1. The van der Waals surface area contributed by atoms with Gasteiger partial charge in [-0.15, -0.1) is 0 Å². The van der Waals surface area contributed by atoms with Gasteiger partial charge in [-0.05, 0) is 24.1 Å². The molecule has 1 aromatic rings. The van der Waals surface area contributed by atoms with Crippen LogP contribution < -0.4 is 5.32 Å². The predicted molar refractivity (Wildman–Crippen MR) is 68.9 cm³/mol. The van der Waals surface area contributed by atoms with Crippen LogP contribution in [-0.4, -0.2) is 37.3 Å². The molecule has 1 aliphatic rings. The fourth-order valence-corrected chi connectivity index (χ4v) is 2.57. The van der Waals surface area contributed by atoms with E-state index in [1.807, 2.05) is 4.90 Å². The van der Waals surface area contributed by atoms with Gasteiger partial charge < -0.3 is 5.32 Å². The van der Waals surface area contributed by atoms with E-state index in [-0.39, 0.29) is 12.5 Å². The molecular weight excluding hydrogens is 272 g/mol. The fourth-order valence-electron chi connectivity index (χ4n) is 2.57. The molecule has 6 heteroatoms. The van der Waals surface area contributed by atoms with Gasteiger partial charge in [0, 0.05) is 38.6 Å². The van der Waals surface area contributed by atoms with Gasteiger partial charge >= 0.3 is 6.18 Å². The molecule has 1 heterocycles. The summed E-state index contributed by atoms with van der Waals surface area (Å²) in [7, 11) is 0. The Balaban J connectivity index is 2.14. The minimum Gasteiger partial charge on any atom is -0.314 e. The first-order valence-corrected chi connectivity index (χ1v) is 6.73. The van der Waals surface area contributed by atoms with Crippen LogP contribution in [0.5, 0.6) is 0 Å². The summed E-state index contributed by atoms with van der Waals surface area (Å²) in [4.78, 5) is 2.00. The van der Waals surface area contributed by atoms with Gasteiger partial charge in [-0.1, -0.05) is 12.1 Å². The topological polar surface area (TPSA) is 15.3 Å². The first-order valence-electron chi connectivity index (χ1n) is 6.73.